The smallest absolute Gasteiger partial charge is 0.229 e. The van der Waals surface area contributed by atoms with Crippen molar-refractivity contribution in [3.05, 3.63) is 47.8 Å². The molecule has 0 radical (unpaired) electrons. The Labute approximate surface area is 140 Å². The van der Waals surface area contributed by atoms with Gasteiger partial charge < -0.3 is 15.5 Å². The lowest BCUT2D eigenvalue weighted by molar-refractivity contribution is 1.02. The van der Waals surface area contributed by atoms with Crippen LogP contribution in [0.5, 0.6) is 0 Å². The molecule has 0 spiro atoms. The highest BCUT2D eigenvalue weighted by Gasteiger charge is 2.04. The monoisotopic (exact) mass is 319 g/mol. The number of aromatic nitrogens is 2. The Morgan fingerprint density at radius 1 is 1.08 bits per heavy atom. The van der Waals surface area contributed by atoms with Gasteiger partial charge in [-0.25, -0.2) is 4.98 Å². The summed E-state index contributed by atoms with van der Waals surface area (Å²) in [5, 5.41) is 23.4. The molecule has 0 aliphatic carbocycles. The van der Waals surface area contributed by atoms with Crippen molar-refractivity contribution in [3.63, 3.8) is 0 Å². The second kappa shape index (κ2) is 7.61. The lowest BCUT2D eigenvalue weighted by atomic mass is 10.2. The standard InChI is InChI=1S/C17H17N7/c1-12-8-16(24(2)3)23-17(21-12)22-15-6-4-14(5-7-15)20-11-13(9-18)10-19/h4-8,11,20H,1-3H3,(H,21,22,23). The number of nitrogens with zero attached hydrogens (tertiary/aromatic N) is 5. The largest absolute Gasteiger partial charge is 0.363 e. The quantitative estimate of drug-likeness (QED) is 0.817. The Hall–Kier alpha value is -3.58. The number of nitrogens with one attached hydrogen (secondary N) is 2. The van der Waals surface area contributed by atoms with E-state index in [0.29, 0.717) is 5.95 Å². The van der Waals surface area contributed by atoms with Crippen molar-refractivity contribution in [2.45, 2.75) is 6.92 Å². The topological polar surface area (TPSA) is 101 Å². The Bertz CT molecular complexity index is 807. The van der Waals surface area contributed by atoms with Crippen LogP contribution in [0, 0.1) is 29.6 Å². The maximum atomic E-state index is 8.69. The molecule has 7 nitrogen and oxygen atoms in total. The van der Waals surface area contributed by atoms with Gasteiger partial charge in [-0.15, -0.1) is 0 Å². The summed E-state index contributed by atoms with van der Waals surface area (Å²) in [7, 11) is 3.85. The van der Waals surface area contributed by atoms with E-state index < -0.39 is 0 Å². The van der Waals surface area contributed by atoms with Gasteiger partial charge in [0.25, 0.3) is 0 Å². The van der Waals surface area contributed by atoms with E-state index in [2.05, 4.69) is 20.6 Å². The molecule has 120 valence electrons. The zero-order valence-electron chi connectivity index (χ0n) is 13.7. The highest BCUT2D eigenvalue weighted by Crippen LogP contribution is 2.19. The van der Waals surface area contributed by atoms with Crippen molar-refractivity contribution >= 4 is 23.1 Å². The number of hydrogen-bond donors (Lipinski definition) is 2. The summed E-state index contributed by atoms with van der Waals surface area (Å²) >= 11 is 0. The minimum Gasteiger partial charge on any atom is -0.363 e. The van der Waals surface area contributed by atoms with Gasteiger partial charge >= 0.3 is 0 Å². The number of benzene rings is 1. The second-order valence-electron chi connectivity index (χ2n) is 5.21. The van der Waals surface area contributed by atoms with Crippen molar-refractivity contribution < 1.29 is 0 Å². The molecule has 0 saturated heterocycles. The lowest BCUT2D eigenvalue weighted by Gasteiger charge is -2.14. The molecule has 0 aliphatic heterocycles. The number of nitriles is 2. The highest BCUT2D eigenvalue weighted by atomic mass is 15.2. The van der Waals surface area contributed by atoms with Crippen LogP contribution < -0.4 is 15.5 Å². The zero-order chi connectivity index (χ0) is 17.5. The van der Waals surface area contributed by atoms with Crippen LogP contribution in [0.2, 0.25) is 0 Å². The minimum atomic E-state index is 0.0153. The molecule has 7 heteroatoms. The molecule has 0 amide bonds. The first-order chi connectivity index (χ1) is 11.5. The van der Waals surface area contributed by atoms with Gasteiger partial charge in [0.2, 0.25) is 5.95 Å². The van der Waals surface area contributed by atoms with Crippen LogP contribution in [0.4, 0.5) is 23.1 Å². The molecule has 2 rings (SSSR count). The second-order valence-corrected chi connectivity index (χ2v) is 5.21. The van der Waals surface area contributed by atoms with Gasteiger partial charge in [-0.3, -0.25) is 0 Å². The third kappa shape index (κ3) is 4.46. The highest BCUT2D eigenvalue weighted by molar-refractivity contribution is 5.60. The molecule has 0 saturated carbocycles. The van der Waals surface area contributed by atoms with Gasteiger partial charge in [0, 0.05) is 43.4 Å². The number of anilines is 4. The van der Waals surface area contributed by atoms with E-state index in [4.69, 9.17) is 10.5 Å². The fourth-order valence-electron chi connectivity index (χ4n) is 1.86. The summed E-state index contributed by atoms with van der Waals surface area (Å²) in [4.78, 5) is 10.7. The summed E-state index contributed by atoms with van der Waals surface area (Å²) in [5.41, 5.74) is 2.49. The van der Waals surface area contributed by atoms with Crippen molar-refractivity contribution in [1.82, 2.24) is 9.97 Å². The van der Waals surface area contributed by atoms with Crippen LogP contribution in [0.25, 0.3) is 0 Å². The SMILES string of the molecule is Cc1cc(N(C)C)nc(Nc2ccc(NC=C(C#N)C#N)cc2)n1. The molecule has 1 aromatic carbocycles. The molecule has 24 heavy (non-hydrogen) atoms. The van der Waals surface area contributed by atoms with Crippen LogP contribution >= 0.6 is 0 Å². The molecule has 0 atom stereocenters. The van der Waals surface area contributed by atoms with Crippen LogP contribution in [-0.4, -0.2) is 24.1 Å². The molecule has 1 heterocycles. The average Bonchev–Trinajstić information content (AvgIpc) is 2.56. The van der Waals surface area contributed by atoms with Crippen LogP contribution in [0.15, 0.2) is 42.1 Å². The van der Waals surface area contributed by atoms with Crippen LogP contribution in [0.1, 0.15) is 5.69 Å². The number of aryl methyl sites for hydroxylation is 1. The summed E-state index contributed by atoms with van der Waals surface area (Å²) in [6.07, 6.45) is 1.37. The predicted octanol–water partition coefficient (Wildman–Crippen LogP) is 2.94. The van der Waals surface area contributed by atoms with Gasteiger partial charge in [-0.2, -0.15) is 15.5 Å². The molecule has 0 aliphatic rings. The van der Waals surface area contributed by atoms with E-state index in [1.807, 2.05) is 56.3 Å². The fraction of sp³-hybridized carbons (Fsp3) is 0.176. The van der Waals surface area contributed by atoms with E-state index in [-0.39, 0.29) is 5.57 Å². The maximum absolute atomic E-state index is 8.69. The number of hydrogen-bond acceptors (Lipinski definition) is 7. The van der Waals surface area contributed by atoms with E-state index in [1.54, 1.807) is 12.1 Å². The molecule has 1 aromatic heterocycles. The van der Waals surface area contributed by atoms with E-state index >= 15 is 0 Å². The van der Waals surface area contributed by atoms with Crippen molar-refractivity contribution in [1.29, 1.82) is 10.5 Å². The Kier molecular flexibility index (Phi) is 5.32. The first-order valence-electron chi connectivity index (χ1n) is 7.19. The lowest BCUT2D eigenvalue weighted by Crippen LogP contribution is -2.12. The molecule has 2 aromatic rings. The van der Waals surface area contributed by atoms with Gasteiger partial charge in [-0.1, -0.05) is 0 Å². The van der Waals surface area contributed by atoms with Gasteiger partial charge in [-0.05, 0) is 31.2 Å². The van der Waals surface area contributed by atoms with E-state index in [1.165, 1.54) is 6.20 Å². The van der Waals surface area contributed by atoms with Crippen molar-refractivity contribution in [2.24, 2.45) is 0 Å². The van der Waals surface area contributed by atoms with Crippen LogP contribution in [-0.2, 0) is 0 Å². The minimum absolute atomic E-state index is 0.0153. The fourth-order valence-corrected chi connectivity index (χ4v) is 1.86. The predicted molar refractivity (Wildman–Crippen MR) is 93.8 cm³/mol. The van der Waals surface area contributed by atoms with Gasteiger partial charge in [0.1, 0.15) is 23.5 Å². The summed E-state index contributed by atoms with van der Waals surface area (Å²) in [6.45, 7) is 1.92. The number of rotatable bonds is 5. The molecule has 0 unspecified atom stereocenters. The van der Waals surface area contributed by atoms with Crippen LogP contribution in [0.3, 0.4) is 0 Å². The molecular weight excluding hydrogens is 302 g/mol. The Morgan fingerprint density at radius 2 is 1.71 bits per heavy atom. The summed E-state index contributed by atoms with van der Waals surface area (Å²) < 4.78 is 0. The number of allylic oxidation sites excluding steroid dienone is 1. The van der Waals surface area contributed by atoms with Crippen molar-refractivity contribution in [3.8, 4) is 12.1 Å². The maximum Gasteiger partial charge on any atom is 0.229 e. The third-order valence-corrected chi connectivity index (χ3v) is 3.06. The normalized spacial score (nSPS) is 9.38. The molecule has 2 N–H and O–H groups in total. The molecule has 0 fully saturated rings. The molecular formula is C17H17N7. The summed E-state index contributed by atoms with van der Waals surface area (Å²) in [5.74, 6) is 1.35. The third-order valence-electron chi connectivity index (χ3n) is 3.06. The van der Waals surface area contributed by atoms with Crippen molar-refractivity contribution in [2.75, 3.05) is 29.6 Å². The van der Waals surface area contributed by atoms with E-state index in [0.717, 1.165) is 22.9 Å². The summed E-state index contributed by atoms with van der Waals surface area (Å²) in [6, 6.07) is 12.9. The first-order valence-corrected chi connectivity index (χ1v) is 7.19. The zero-order valence-corrected chi connectivity index (χ0v) is 13.7. The van der Waals surface area contributed by atoms with Gasteiger partial charge in [0.15, 0.2) is 0 Å². The Morgan fingerprint density at radius 3 is 2.29 bits per heavy atom. The van der Waals surface area contributed by atoms with Gasteiger partial charge in [0.05, 0.1) is 0 Å². The molecule has 0 bridgehead atoms. The average molecular weight is 319 g/mol. The first kappa shape index (κ1) is 16.8. The van der Waals surface area contributed by atoms with E-state index in [9.17, 15) is 0 Å². The Balaban J connectivity index is 2.11.